The van der Waals surface area contributed by atoms with Gasteiger partial charge in [0, 0.05) is 33.3 Å². The van der Waals surface area contributed by atoms with Crippen LogP contribution in [-0.2, 0) is 6.54 Å². The molecule has 0 aliphatic rings. The van der Waals surface area contributed by atoms with Crippen molar-refractivity contribution in [2.24, 2.45) is 0 Å². The molecule has 27 heavy (non-hydrogen) atoms. The Balaban J connectivity index is 0.00000126. The van der Waals surface area contributed by atoms with Crippen LogP contribution in [-0.4, -0.2) is 16.3 Å². The number of aromatic nitrogens is 2. The standard InChI is InChI=1S/C18H14Cl2N4O.C2H6/c19-14-2-1-3-15(20)13(14)8-23-18-17(21)22-9-16(24-18)12-6-4-11(10-25)5-7-12;1-2/h1-7,9-10H,8H2,(H2,21,22)(H,23,24);1-2H3. The highest BCUT2D eigenvalue weighted by Crippen LogP contribution is 2.26. The van der Waals surface area contributed by atoms with Gasteiger partial charge in [-0.2, -0.15) is 0 Å². The van der Waals surface area contributed by atoms with E-state index in [0.717, 1.165) is 17.4 Å². The number of benzene rings is 2. The van der Waals surface area contributed by atoms with Gasteiger partial charge in [-0.05, 0) is 12.1 Å². The topological polar surface area (TPSA) is 80.9 Å². The third-order valence-corrected chi connectivity index (χ3v) is 4.35. The Hall–Kier alpha value is -2.63. The van der Waals surface area contributed by atoms with E-state index < -0.39 is 0 Å². The van der Waals surface area contributed by atoms with E-state index in [1.165, 1.54) is 0 Å². The van der Waals surface area contributed by atoms with Crippen LogP contribution in [0.1, 0.15) is 29.8 Å². The number of rotatable bonds is 5. The van der Waals surface area contributed by atoms with E-state index >= 15 is 0 Å². The molecule has 3 aromatic rings. The highest BCUT2D eigenvalue weighted by atomic mass is 35.5. The second-order valence-corrected chi connectivity index (χ2v) is 6.10. The molecule has 1 aromatic heterocycles. The number of nitrogens with two attached hydrogens (primary N) is 1. The fourth-order valence-electron chi connectivity index (χ4n) is 2.27. The van der Waals surface area contributed by atoms with Crippen LogP contribution in [0.4, 0.5) is 11.6 Å². The first kappa shape index (κ1) is 20.7. The van der Waals surface area contributed by atoms with Crippen molar-refractivity contribution >= 4 is 41.1 Å². The smallest absolute Gasteiger partial charge is 0.169 e. The molecule has 1 heterocycles. The van der Waals surface area contributed by atoms with Crippen LogP contribution in [0.2, 0.25) is 10.0 Å². The SMILES string of the molecule is CC.Nc1ncc(-c2ccc(C=O)cc2)nc1NCc1c(Cl)cccc1Cl. The molecule has 0 spiro atoms. The Morgan fingerprint density at radius 2 is 1.70 bits per heavy atom. The van der Waals surface area contributed by atoms with Gasteiger partial charge < -0.3 is 11.1 Å². The number of halogens is 2. The fourth-order valence-corrected chi connectivity index (χ4v) is 2.80. The number of hydrogen-bond acceptors (Lipinski definition) is 5. The molecule has 0 amide bonds. The molecule has 0 radical (unpaired) electrons. The van der Waals surface area contributed by atoms with E-state index in [1.807, 2.05) is 13.8 Å². The maximum Gasteiger partial charge on any atom is 0.169 e. The number of carbonyl (C=O) groups is 1. The van der Waals surface area contributed by atoms with Crippen LogP contribution in [0.5, 0.6) is 0 Å². The van der Waals surface area contributed by atoms with Gasteiger partial charge in [0.15, 0.2) is 11.6 Å². The van der Waals surface area contributed by atoms with Gasteiger partial charge in [0.1, 0.15) is 6.29 Å². The van der Waals surface area contributed by atoms with E-state index in [1.54, 1.807) is 48.7 Å². The molecule has 7 heteroatoms. The zero-order valence-corrected chi connectivity index (χ0v) is 16.6. The summed E-state index contributed by atoms with van der Waals surface area (Å²) in [5.74, 6) is 0.712. The number of hydrogen-bond donors (Lipinski definition) is 2. The molecule has 0 aliphatic carbocycles. The Morgan fingerprint density at radius 1 is 1.07 bits per heavy atom. The summed E-state index contributed by atoms with van der Waals surface area (Å²) in [5, 5.41) is 4.24. The highest BCUT2D eigenvalue weighted by molar-refractivity contribution is 6.36. The van der Waals surface area contributed by atoms with Crippen molar-refractivity contribution in [1.82, 2.24) is 9.97 Å². The zero-order chi connectivity index (χ0) is 19.8. The molecule has 2 aromatic carbocycles. The number of nitrogens with zero attached hydrogens (tertiary/aromatic N) is 2. The van der Waals surface area contributed by atoms with Gasteiger partial charge in [-0.25, -0.2) is 9.97 Å². The molecule has 0 bridgehead atoms. The van der Waals surface area contributed by atoms with Crippen molar-refractivity contribution in [3.8, 4) is 11.3 Å². The molecule has 3 N–H and O–H groups in total. The first-order valence-electron chi connectivity index (χ1n) is 8.43. The summed E-state index contributed by atoms with van der Waals surface area (Å²) in [6.07, 6.45) is 2.37. The Bertz CT molecular complexity index is 894. The number of aldehydes is 1. The largest absolute Gasteiger partial charge is 0.381 e. The lowest BCUT2D eigenvalue weighted by Crippen LogP contribution is -2.07. The summed E-state index contributed by atoms with van der Waals surface area (Å²) in [6, 6.07) is 12.4. The van der Waals surface area contributed by atoms with E-state index in [-0.39, 0.29) is 5.82 Å². The minimum Gasteiger partial charge on any atom is -0.381 e. The zero-order valence-electron chi connectivity index (χ0n) is 15.0. The summed E-state index contributed by atoms with van der Waals surface area (Å²) in [6.45, 7) is 4.37. The summed E-state index contributed by atoms with van der Waals surface area (Å²) in [4.78, 5) is 19.4. The molecule has 0 atom stereocenters. The number of nitrogen functional groups attached to an aromatic ring is 1. The third-order valence-electron chi connectivity index (χ3n) is 3.64. The van der Waals surface area contributed by atoms with Crippen molar-refractivity contribution in [3.05, 3.63) is 69.8 Å². The predicted molar refractivity (Wildman–Crippen MR) is 112 cm³/mol. The second kappa shape index (κ2) is 9.90. The maximum atomic E-state index is 10.8. The highest BCUT2D eigenvalue weighted by Gasteiger charge is 2.10. The van der Waals surface area contributed by atoms with Crippen molar-refractivity contribution < 1.29 is 4.79 Å². The second-order valence-electron chi connectivity index (χ2n) is 5.28. The van der Waals surface area contributed by atoms with Gasteiger partial charge in [-0.1, -0.05) is 67.4 Å². The maximum absolute atomic E-state index is 10.8. The van der Waals surface area contributed by atoms with Gasteiger partial charge in [0.25, 0.3) is 0 Å². The lowest BCUT2D eigenvalue weighted by atomic mass is 10.1. The molecule has 0 unspecified atom stereocenters. The minimum atomic E-state index is 0.274. The van der Waals surface area contributed by atoms with Crippen LogP contribution < -0.4 is 11.1 Å². The first-order valence-corrected chi connectivity index (χ1v) is 9.19. The summed E-state index contributed by atoms with van der Waals surface area (Å²) in [7, 11) is 0. The van der Waals surface area contributed by atoms with Gasteiger partial charge in [-0.3, -0.25) is 4.79 Å². The van der Waals surface area contributed by atoms with Gasteiger partial charge >= 0.3 is 0 Å². The average molecular weight is 403 g/mol. The summed E-state index contributed by atoms with van der Waals surface area (Å²) >= 11 is 12.3. The third kappa shape index (κ3) is 5.18. The molecule has 0 saturated carbocycles. The quantitative estimate of drug-likeness (QED) is 0.551. The number of anilines is 2. The van der Waals surface area contributed by atoms with Crippen LogP contribution in [0.3, 0.4) is 0 Å². The van der Waals surface area contributed by atoms with Gasteiger partial charge in [-0.15, -0.1) is 0 Å². The molecule has 0 aliphatic heterocycles. The Labute approximate surface area is 168 Å². The van der Waals surface area contributed by atoms with E-state index in [0.29, 0.717) is 33.7 Å². The normalized spacial score (nSPS) is 9.93. The van der Waals surface area contributed by atoms with E-state index in [4.69, 9.17) is 28.9 Å². The molecule has 140 valence electrons. The minimum absolute atomic E-state index is 0.274. The lowest BCUT2D eigenvalue weighted by molar-refractivity contribution is 0.112. The molecular weight excluding hydrogens is 383 g/mol. The predicted octanol–water partition coefficient (Wildman–Crippen LogP) is 5.48. The van der Waals surface area contributed by atoms with Crippen LogP contribution in [0.25, 0.3) is 11.3 Å². The van der Waals surface area contributed by atoms with E-state index in [2.05, 4.69) is 15.3 Å². The molecule has 0 saturated heterocycles. The molecule has 3 rings (SSSR count). The fraction of sp³-hybridized carbons (Fsp3) is 0.150. The van der Waals surface area contributed by atoms with Crippen molar-refractivity contribution in [1.29, 1.82) is 0 Å². The van der Waals surface area contributed by atoms with Crippen LogP contribution in [0.15, 0.2) is 48.7 Å². The summed E-state index contributed by atoms with van der Waals surface area (Å²) in [5.41, 5.74) is 8.73. The van der Waals surface area contributed by atoms with Crippen LogP contribution in [0, 0.1) is 0 Å². The molecular formula is C20H20Cl2N4O. The average Bonchev–Trinajstić information content (AvgIpc) is 2.70. The number of carbonyl (C=O) groups excluding carboxylic acids is 1. The Kier molecular flexibility index (Phi) is 7.58. The first-order chi connectivity index (χ1) is 13.1. The Morgan fingerprint density at radius 3 is 2.30 bits per heavy atom. The molecule has 0 fully saturated rings. The van der Waals surface area contributed by atoms with Crippen molar-refractivity contribution in [2.45, 2.75) is 20.4 Å². The van der Waals surface area contributed by atoms with Crippen molar-refractivity contribution in [2.75, 3.05) is 11.1 Å². The number of nitrogens with one attached hydrogen (secondary N) is 1. The summed E-state index contributed by atoms with van der Waals surface area (Å²) < 4.78 is 0. The van der Waals surface area contributed by atoms with E-state index in [9.17, 15) is 4.79 Å². The van der Waals surface area contributed by atoms with Crippen molar-refractivity contribution in [3.63, 3.8) is 0 Å². The lowest BCUT2D eigenvalue weighted by Gasteiger charge is -2.12. The molecule has 5 nitrogen and oxygen atoms in total. The van der Waals surface area contributed by atoms with Crippen LogP contribution >= 0.6 is 23.2 Å². The monoisotopic (exact) mass is 402 g/mol. The van der Waals surface area contributed by atoms with Gasteiger partial charge in [0.2, 0.25) is 0 Å². The van der Waals surface area contributed by atoms with Gasteiger partial charge in [0.05, 0.1) is 11.9 Å².